The lowest BCUT2D eigenvalue weighted by atomic mass is 9.82. The summed E-state index contributed by atoms with van der Waals surface area (Å²) in [5, 5.41) is 1.20. The number of hydrogen-bond acceptors (Lipinski definition) is 4. The van der Waals surface area contributed by atoms with Crippen molar-refractivity contribution in [3.05, 3.63) is 169 Å². The van der Waals surface area contributed by atoms with E-state index >= 15 is 0 Å². The van der Waals surface area contributed by atoms with Gasteiger partial charge in [-0.1, -0.05) is 153 Å². The van der Waals surface area contributed by atoms with Gasteiger partial charge < -0.3 is 0 Å². The summed E-state index contributed by atoms with van der Waals surface area (Å²) >= 11 is 1.49. The maximum absolute atomic E-state index is 9.64. The Balaban J connectivity index is 1.37. The third kappa shape index (κ3) is 4.44. The van der Waals surface area contributed by atoms with E-state index in [9.17, 15) is 6.85 Å². The van der Waals surface area contributed by atoms with E-state index in [-0.39, 0.29) is 39.4 Å². The molecule has 11 rings (SSSR count). The second-order valence-electron chi connectivity index (χ2n) is 12.8. The Morgan fingerprint density at radius 2 is 1.30 bits per heavy atom. The molecule has 53 heavy (non-hydrogen) atoms. The minimum atomic E-state index is -3.66. The highest BCUT2D eigenvalue weighted by atomic mass is 32.1. The molecule has 0 spiro atoms. The van der Waals surface area contributed by atoms with Crippen molar-refractivity contribution in [2.24, 2.45) is 0 Å². The Labute approximate surface area is 333 Å². The molecule has 10 aromatic rings. The van der Waals surface area contributed by atoms with Crippen LogP contribution in [-0.4, -0.2) is 19.5 Å². The predicted octanol–water partition coefficient (Wildman–Crippen LogP) is 12.6. The fourth-order valence-corrected chi connectivity index (χ4v) is 8.58. The number of benzene rings is 7. The molecule has 250 valence electrons. The minimum absolute atomic E-state index is 0.0741. The highest BCUT2D eigenvalue weighted by Gasteiger charge is 2.37. The maximum Gasteiger partial charge on any atom is 0.238 e. The molecule has 0 atom stereocenters. The lowest BCUT2D eigenvalue weighted by Gasteiger charge is -2.21. The van der Waals surface area contributed by atoms with Crippen LogP contribution in [0.4, 0.5) is 0 Å². The summed E-state index contributed by atoms with van der Waals surface area (Å²) in [6.45, 7) is -7.31. The summed E-state index contributed by atoms with van der Waals surface area (Å²) in [4.78, 5) is 15.0. The zero-order chi connectivity index (χ0) is 49.0. The van der Waals surface area contributed by atoms with Crippen LogP contribution in [0, 0.1) is 0 Å². The van der Waals surface area contributed by atoms with E-state index in [2.05, 4.69) is 0 Å². The number of nitrogens with zero attached hydrogens (tertiary/aromatic N) is 4. The first-order valence-corrected chi connectivity index (χ1v) is 17.5. The van der Waals surface area contributed by atoms with Crippen molar-refractivity contribution in [2.45, 2.75) is 19.1 Å². The third-order valence-corrected chi connectivity index (χ3v) is 11.0. The molecule has 0 saturated heterocycles. The molecule has 0 amide bonds. The van der Waals surface area contributed by atoms with E-state index in [1.54, 1.807) is 12.1 Å². The van der Waals surface area contributed by atoms with Crippen LogP contribution >= 0.6 is 11.3 Å². The van der Waals surface area contributed by atoms with Crippen molar-refractivity contribution in [3.63, 3.8) is 0 Å². The number of rotatable bonds is 4. The van der Waals surface area contributed by atoms with Crippen LogP contribution in [0.25, 0.3) is 93.0 Å². The summed E-state index contributed by atoms with van der Waals surface area (Å²) in [7, 11) is 0. The van der Waals surface area contributed by atoms with Gasteiger partial charge in [0.15, 0.2) is 11.6 Å². The van der Waals surface area contributed by atoms with Crippen molar-refractivity contribution < 1.29 is 21.9 Å². The lowest BCUT2D eigenvalue weighted by molar-refractivity contribution is 0.660. The van der Waals surface area contributed by atoms with Gasteiger partial charge >= 0.3 is 0 Å². The van der Waals surface area contributed by atoms with Gasteiger partial charge in [-0.15, -0.1) is 11.3 Å². The molecule has 4 nitrogen and oxygen atoms in total. The van der Waals surface area contributed by atoms with Crippen molar-refractivity contribution in [1.82, 2.24) is 19.5 Å². The molecule has 1 aliphatic rings. The zero-order valence-corrected chi connectivity index (χ0v) is 28.3. The van der Waals surface area contributed by atoms with Crippen LogP contribution in [0.1, 0.15) is 46.8 Å². The quantitative estimate of drug-likeness (QED) is 0.182. The number of aromatic nitrogens is 4. The lowest BCUT2D eigenvalue weighted by Crippen LogP contribution is -2.14. The first-order chi connectivity index (χ1) is 32.7. The van der Waals surface area contributed by atoms with Crippen molar-refractivity contribution >= 4 is 53.3 Å². The average Bonchev–Trinajstić information content (AvgIpc) is 4.01. The van der Waals surface area contributed by atoms with Crippen LogP contribution in [0.15, 0.2) is 157 Å². The van der Waals surface area contributed by atoms with E-state index in [0.717, 1.165) is 35.9 Å². The topological polar surface area (TPSA) is 43.6 Å². The molecule has 3 heterocycles. The number of thiophene rings is 1. The van der Waals surface area contributed by atoms with E-state index in [0.29, 0.717) is 11.1 Å². The van der Waals surface area contributed by atoms with E-state index in [4.69, 9.17) is 30.0 Å². The zero-order valence-electron chi connectivity index (χ0n) is 43.4. The van der Waals surface area contributed by atoms with E-state index in [1.807, 2.05) is 84.9 Å². The van der Waals surface area contributed by atoms with Crippen LogP contribution in [-0.2, 0) is 5.41 Å². The van der Waals surface area contributed by atoms with Gasteiger partial charge in [0.2, 0.25) is 5.95 Å². The molecule has 0 unspecified atom stereocenters. The van der Waals surface area contributed by atoms with Crippen molar-refractivity contribution in [3.8, 4) is 51.0 Å². The molecule has 3 aromatic heterocycles. The molecular weight excluding hydrogens is 665 g/mol. The largest absolute Gasteiger partial charge is 0.277 e. The maximum atomic E-state index is 9.64. The van der Waals surface area contributed by atoms with Gasteiger partial charge in [0.05, 0.1) is 24.7 Å². The molecule has 5 heteroatoms. The van der Waals surface area contributed by atoms with Gasteiger partial charge in [0.25, 0.3) is 0 Å². The summed E-state index contributed by atoms with van der Waals surface area (Å²) in [5.41, 5.74) is -3.91. The fourth-order valence-electron chi connectivity index (χ4n) is 7.37. The summed E-state index contributed by atoms with van der Waals surface area (Å²) in [5.74, 6) is -0.158. The molecule has 0 saturated carbocycles. The van der Waals surface area contributed by atoms with Gasteiger partial charge in [0.1, 0.15) is 0 Å². The molecule has 0 aliphatic heterocycles. The van der Waals surface area contributed by atoms with E-state index in [1.165, 1.54) is 11.3 Å². The molecule has 0 bridgehead atoms. The Morgan fingerprint density at radius 1 is 0.566 bits per heavy atom. The van der Waals surface area contributed by atoms with Crippen molar-refractivity contribution in [2.75, 3.05) is 0 Å². The van der Waals surface area contributed by atoms with Crippen LogP contribution < -0.4 is 0 Å². The summed E-state index contributed by atoms with van der Waals surface area (Å²) in [6, 6.07) is 22.3. The highest BCUT2D eigenvalue weighted by Crippen LogP contribution is 2.52. The van der Waals surface area contributed by atoms with Gasteiger partial charge in [-0.2, -0.15) is 9.97 Å². The predicted molar refractivity (Wildman–Crippen MR) is 221 cm³/mol. The van der Waals surface area contributed by atoms with Crippen LogP contribution in [0.2, 0.25) is 0 Å². The first-order valence-electron chi connectivity index (χ1n) is 24.7. The Hall–Kier alpha value is -6.43. The second-order valence-corrected chi connectivity index (χ2v) is 13.8. The number of para-hydroxylation sites is 1. The third-order valence-electron chi connectivity index (χ3n) is 9.81. The van der Waals surface area contributed by atoms with Crippen LogP contribution in [0.3, 0.4) is 0 Å². The van der Waals surface area contributed by atoms with Gasteiger partial charge in [-0.05, 0) is 46.0 Å². The van der Waals surface area contributed by atoms with Crippen LogP contribution in [0.5, 0.6) is 0 Å². The molecule has 1 aliphatic carbocycles. The fraction of sp³-hybridized carbons (Fsp3) is 0.0625. The smallest absolute Gasteiger partial charge is 0.238 e. The summed E-state index contributed by atoms with van der Waals surface area (Å²) in [6.07, 6.45) is 0. The monoisotopic (exact) mass is 712 g/mol. The van der Waals surface area contributed by atoms with Gasteiger partial charge in [-0.25, -0.2) is 4.98 Å². The SMILES string of the molecule is [2H]c1c([2H])c([2H])c2c(c1[2H])-c1c(c([2H])c([2H])c3c4c([2H])c([2H])c([2H])c([2H])c4n(-c4nc(-c5ccc(-c6ccccc6)cc5)nc(-c5cccc6c5sc5ccccc56)n4)c13)C2(C([2H])([2H])[2H])C([2H])([2H])[2H]. The van der Waals surface area contributed by atoms with Crippen molar-refractivity contribution in [1.29, 1.82) is 0 Å². The Bertz CT molecular complexity index is 3870. The molecular formula is C48H32N4S. The number of fused-ring (bicyclic) bond motifs is 10. The normalized spacial score (nSPS) is 18.0. The molecule has 7 aromatic carbocycles. The minimum Gasteiger partial charge on any atom is -0.277 e. The molecule has 0 fully saturated rings. The number of hydrogen-bond donors (Lipinski definition) is 0. The average molecular weight is 713 g/mol. The Morgan fingerprint density at radius 3 is 2.19 bits per heavy atom. The summed E-state index contributed by atoms with van der Waals surface area (Å²) < 4.78 is 148. The standard InChI is InChI=1S/C48H32N4S/c1-48(2)38-20-9-6-17-36(38)42-39(48)28-27-34-32-15-7-10-21-40(32)52(43(34)42)47-50-45(31-25-23-30(24-26-31)29-13-4-3-5-14-29)49-46(51-47)37-19-12-18-35-33-16-8-11-22-41(33)53-44(35)37/h3-28H,1-2H3/i1D3,2D3,6D,7D,9D,10D,15D,17D,20D,21D,27D,28D. The molecule has 0 radical (unpaired) electrons. The van der Waals surface area contributed by atoms with E-state index < -0.39 is 102 Å². The van der Waals surface area contributed by atoms with Gasteiger partial charge in [0, 0.05) is 61.3 Å². The Kier molecular flexibility index (Phi) is 3.91. The molecule has 0 N–H and O–H groups in total. The first kappa shape index (κ1) is 18.4. The second kappa shape index (κ2) is 11.3. The highest BCUT2D eigenvalue weighted by molar-refractivity contribution is 7.26. The van der Waals surface area contributed by atoms with Gasteiger partial charge in [-0.3, -0.25) is 4.57 Å².